The molecule has 7 atom stereocenters. The summed E-state index contributed by atoms with van der Waals surface area (Å²) in [5.74, 6) is 7.50. The molecule has 3 saturated carbocycles. The van der Waals surface area contributed by atoms with Gasteiger partial charge in [-0.1, -0.05) is 79.4 Å². The fraction of sp³-hybridized carbons (Fsp3) is 0.935. The Kier molecular flexibility index (Phi) is 7.07. The monoisotopic (exact) mass is 426 g/mol. The van der Waals surface area contributed by atoms with Crippen molar-refractivity contribution in [3.8, 4) is 0 Å². The SMILES string of the molecule is CC(C)C(CCCC(C)C1CCC2C3CC=C4CCCCC4(C)C3CCC12C)C(C)C. The molecule has 3 fully saturated rings. The fourth-order valence-electron chi connectivity index (χ4n) is 9.99. The van der Waals surface area contributed by atoms with Gasteiger partial charge >= 0.3 is 0 Å². The highest BCUT2D eigenvalue weighted by atomic mass is 14.6. The summed E-state index contributed by atoms with van der Waals surface area (Å²) >= 11 is 0. The average Bonchev–Trinajstić information content (AvgIpc) is 3.07. The molecular weight excluding hydrogens is 372 g/mol. The maximum absolute atomic E-state index is 2.75. The minimum absolute atomic E-state index is 0.564. The molecule has 0 saturated heterocycles. The molecule has 0 spiro atoms. The third-order valence-electron chi connectivity index (χ3n) is 11.7. The smallest absolute Gasteiger partial charge is 0.00853 e. The Balaban J connectivity index is 1.41. The Morgan fingerprint density at radius 3 is 2.32 bits per heavy atom. The Morgan fingerprint density at radius 1 is 0.871 bits per heavy atom. The molecule has 4 rings (SSSR count). The molecule has 0 aromatic rings. The summed E-state index contributed by atoms with van der Waals surface area (Å²) in [4.78, 5) is 0. The van der Waals surface area contributed by atoms with Gasteiger partial charge < -0.3 is 0 Å². The van der Waals surface area contributed by atoms with Gasteiger partial charge in [0.05, 0.1) is 0 Å². The summed E-state index contributed by atoms with van der Waals surface area (Å²) in [5.41, 5.74) is 3.07. The van der Waals surface area contributed by atoms with Crippen LogP contribution in [0.4, 0.5) is 0 Å². The van der Waals surface area contributed by atoms with E-state index in [1.165, 1.54) is 77.0 Å². The van der Waals surface area contributed by atoms with Crippen LogP contribution in [0.2, 0.25) is 0 Å². The molecule has 4 aliphatic carbocycles. The zero-order chi connectivity index (χ0) is 22.4. The van der Waals surface area contributed by atoms with Gasteiger partial charge in [0.15, 0.2) is 0 Å². The molecule has 0 aromatic carbocycles. The average molecular weight is 427 g/mol. The van der Waals surface area contributed by atoms with Crippen molar-refractivity contribution in [1.29, 1.82) is 0 Å². The molecule has 4 aliphatic rings. The second-order valence-electron chi connectivity index (χ2n) is 13.8. The van der Waals surface area contributed by atoms with Crippen LogP contribution in [-0.2, 0) is 0 Å². The number of hydrogen-bond acceptors (Lipinski definition) is 0. The van der Waals surface area contributed by atoms with Crippen LogP contribution in [0.15, 0.2) is 11.6 Å². The van der Waals surface area contributed by atoms with Crippen LogP contribution < -0.4 is 0 Å². The third kappa shape index (κ3) is 4.21. The Bertz CT molecular complexity index is 632. The predicted octanol–water partition coefficient (Wildman–Crippen LogP) is 9.69. The molecular formula is C31H54. The summed E-state index contributed by atoms with van der Waals surface area (Å²) in [7, 11) is 0. The second kappa shape index (κ2) is 9.18. The lowest BCUT2D eigenvalue weighted by molar-refractivity contribution is -0.0501. The lowest BCUT2D eigenvalue weighted by Crippen LogP contribution is -2.50. The highest BCUT2D eigenvalue weighted by Crippen LogP contribution is 2.67. The second-order valence-corrected chi connectivity index (χ2v) is 13.8. The van der Waals surface area contributed by atoms with Crippen LogP contribution in [0.25, 0.3) is 0 Å². The van der Waals surface area contributed by atoms with E-state index in [2.05, 4.69) is 54.5 Å². The van der Waals surface area contributed by atoms with Gasteiger partial charge in [0.1, 0.15) is 0 Å². The summed E-state index contributed by atoms with van der Waals surface area (Å²) in [6.07, 6.45) is 20.5. The first-order chi connectivity index (χ1) is 14.7. The lowest BCUT2D eigenvalue weighted by atomic mass is 9.47. The first kappa shape index (κ1) is 23.9. The van der Waals surface area contributed by atoms with Gasteiger partial charge in [-0.3, -0.25) is 0 Å². The topological polar surface area (TPSA) is 0 Å². The highest BCUT2D eigenvalue weighted by Gasteiger charge is 2.58. The van der Waals surface area contributed by atoms with Crippen LogP contribution in [0.3, 0.4) is 0 Å². The van der Waals surface area contributed by atoms with Gasteiger partial charge in [-0.25, -0.2) is 0 Å². The van der Waals surface area contributed by atoms with E-state index in [9.17, 15) is 0 Å². The van der Waals surface area contributed by atoms with E-state index in [4.69, 9.17) is 0 Å². The molecule has 0 bridgehead atoms. The van der Waals surface area contributed by atoms with Crippen LogP contribution in [-0.4, -0.2) is 0 Å². The maximum atomic E-state index is 2.75. The molecule has 31 heavy (non-hydrogen) atoms. The van der Waals surface area contributed by atoms with Crippen molar-refractivity contribution in [3.05, 3.63) is 11.6 Å². The van der Waals surface area contributed by atoms with Crippen molar-refractivity contribution in [1.82, 2.24) is 0 Å². The van der Waals surface area contributed by atoms with Gasteiger partial charge in [0, 0.05) is 0 Å². The molecule has 0 nitrogen and oxygen atoms in total. The standard InChI is InChI=1S/C31H54/c1-21(2)25(22(3)4)13-10-11-23(5)27-16-17-28-26-15-14-24-12-8-9-19-30(24,6)29(26)18-20-31(27,28)7/h14,21-23,25-29H,8-13,15-20H2,1-7H3. The van der Waals surface area contributed by atoms with E-state index in [-0.39, 0.29) is 0 Å². The number of rotatable bonds is 7. The fourth-order valence-corrected chi connectivity index (χ4v) is 9.99. The van der Waals surface area contributed by atoms with E-state index in [0.29, 0.717) is 10.8 Å². The number of allylic oxidation sites excluding steroid dienone is 2. The molecule has 0 amide bonds. The predicted molar refractivity (Wildman–Crippen MR) is 136 cm³/mol. The first-order valence-electron chi connectivity index (χ1n) is 14.4. The highest BCUT2D eigenvalue weighted by molar-refractivity contribution is 5.24. The van der Waals surface area contributed by atoms with Gasteiger partial charge in [-0.2, -0.15) is 0 Å². The molecule has 0 aromatic heterocycles. The van der Waals surface area contributed by atoms with Crippen LogP contribution >= 0.6 is 0 Å². The van der Waals surface area contributed by atoms with Crippen LogP contribution in [0, 0.1) is 58.2 Å². The van der Waals surface area contributed by atoms with Crippen molar-refractivity contribution < 1.29 is 0 Å². The molecule has 0 radical (unpaired) electrons. The van der Waals surface area contributed by atoms with E-state index in [1.54, 1.807) is 0 Å². The van der Waals surface area contributed by atoms with Gasteiger partial charge in [-0.15, -0.1) is 0 Å². The maximum Gasteiger partial charge on any atom is -0.00853 e. The van der Waals surface area contributed by atoms with Gasteiger partial charge in [0.2, 0.25) is 0 Å². The van der Waals surface area contributed by atoms with Crippen molar-refractivity contribution in [2.24, 2.45) is 58.2 Å². The summed E-state index contributed by atoms with van der Waals surface area (Å²) in [6, 6.07) is 0. The Hall–Kier alpha value is -0.260. The van der Waals surface area contributed by atoms with Crippen molar-refractivity contribution >= 4 is 0 Å². The van der Waals surface area contributed by atoms with Crippen LogP contribution in [0.1, 0.15) is 126 Å². The minimum Gasteiger partial charge on any atom is -0.0845 e. The first-order valence-corrected chi connectivity index (χ1v) is 14.4. The molecule has 0 aliphatic heterocycles. The van der Waals surface area contributed by atoms with E-state index < -0.39 is 0 Å². The summed E-state index contributed by atoms with van der Waals surface area (Å²) in [6.45, 7) is 17.8. The van der Waals surface area contributed by atoms with Crippen molar-refractivity contribution in [3.63, 3.8) is 0 Å². The molecule has 7 unspecified atom stereocenters. The number of fused-ring (bicyclic) bond motifs is 5. The number of hydrogen-bond donors (Lipinski definition) is 0. The van der Waals surface area contributed by atoms with Crippen molar-refractivity contribution in [2.45, 2.75) is 126 Å². The van der Waals surface area contributed by atoms with E-state index in [1.807, 2.05) is 5.57 Å². The molecule has 0 heterocycles. The van der Waals surface area contributed by atoms with Crippen LogP contribution in [0.5, 0.6) is 0 Å². The Morgan fingerprint density at radius 2 is 1.61 bits per heavy atom. The quantitative estimate of drug-likeness (QED) is 0.355. The van der Waals surface area contributed by atoms with Gasteiger partial charge in [0.25, 0.3) is 0 Å². The zero-order valence-electron chi connectivity index (χ0n) is 22.2. The lowest BCUT2D eigenvalue weighted by Gasteiger charge is -2.58. The molecule has 0 heteroatoms. The van der Waals surface area contributed by atoms with E-state index >= 15 is 0 Å². The van der Waals surface area contributed by atoms with E-state index in [0.717, 1.165) is 47.3 Å². The van der Waals surface area contributed by atoms with Crippen molar-refractivity contribution in [2.75, 3.05) is 0 Å². The van der Waals surface area contributed by atoms with Gasteiger partial charge in [-0.05, 0) is 116 Å². The largest absolute Gasteiger partial charge is 0.0845 e. The molecule has 0 N–H and O–H groups in total. The molecule has 178 valence electrons. The minimum atomic E-state index is 0.564. The normalized spacial score (nSPS) is 41.2. The third-order valence-corrected chi connectivity index (χ3v) is 11.7. The zero-order valence-corrected chi connectivity index (χ0v) is 22.2. The summed E-state index contributed by atoms with van der Waals surface area (Å²) in [5, 5.41) is 0. The Labute approximate surface area is 195 Å². The summed E-state index contributed by atoms with van der Waals surface area (Å²) < 4.78 is 0.